The summed E-state index contributed by atoms with van der Waals surface area (Å²) in [5.41, 5.74) is 1.66. The normalized spacial score (nSPS) is 15.7. The fraction of sp³-hybridized carbons (Fsp3) is 0.350. The average molecular weight is 377 g/mol. The summed E-state index contributed by atoms with van der Waals surface area (Å²) in [6.45, 7) is 2.92. The molecule has 0 atom stereocenters. The van der Waals surface area contributed by atoms with Crippen molar-refractivity contribution in [1.29, 1.82) is 0 Å². The molecule has 1 fully saturated rings. The second kappa shape index (κ2) is 7.66. The molecule has 3 rings (SSSR count). The number of ketones is 1. The predicted octanol–water partition coefficient (Wildman–Crippen LogP) is 3.89. The predicted molar refractivity (Wildman–Crippen MR) is 98.4 cm³/mol. The number of rotatable bonds is 6. The van der Waals surface area contributed by atoms with Crippen LogP contribution in [0, 0.1) is 0 Å². The Morgan fingerprint density at radius 2 is 1.88 bits per heavy atom. The first-order valence-electron chi connectivity index (χ1n) is 8.29. The van der Waals surface area contributed by atoms with E-state index in [-0.39, 0.29) is 5.78 Å². The van der Waals surface area contributed by atoms with Crippen molar-refractivity contribution in [3.8, 4) is 11.5 Å². The van der Waals surface area contributed by atoms with Gasteiger partial charge in [-0.3, -0.25) is 4.79 Å². The summed E-state index contributed by atoms with van der Waals surface area (Å²) in [5.74, 6) is -0.0976. The van der Waals surface area contributed by atoms with Gasteiger partial charge in [-0.1, -0.05) is 29.8 Å². The second-order valence-corrected chi connectivity index (χ2v) is 6.62. The lowest BCUT2D eigenvalue weighted by molar-refractivity contribution is -0.140. The number of carbonyl (C=O) groups is 1. The van der Waals surface area contributed by atoms with Crippen molar-refractivity contribution in [3.05, 3.63) is 58.1 Å². The van der Waals surface area contributed by atoms with Gasteiger partial charge in [-0.15, -0.1) is 0 Å². The highest BCUT2D eigenvalue weighted by molar-refractivity contribution is 6.31. The van der Waals surface area contributed by atoms with Crippen molar-refractivity contribution in [2.75, 3.05) is 27.4 Å². The average Bonchev–Trinajstić information content (AvgIpc) is 3.06. The van der Waals surface area contributed by atoms with E-state index in [1.54, 1.807) is 30.3 Å². The topological polar surface area (TPSA) is 54.0 Å². The van der Waals surface area contributed by atoms with Gasteiger partial charge in [0.05, 0.1) is 33.0 Å². The monoisotopic (exact) mass is 376 g/mol. The molecule has 2 aromatic rings. The van der Waals surface area contributed by atoms with Gasteiger partial charge in [0.2, 0.25) is 0 Å². The van der Waals surface area contributed by atoms with Crippen LogP contribution in [0.2, 0.25) is 5.02 Å². The zero-order chi connectivity index (χ0) is 18.7. The Hall–Kier alpha value is -2.08. The number of ether oxygens (including phenoxy) is 4. The molecule has 0 N–H and O–H groups in total. The van der Waals surface area contributed by atoms with Crippen molar-refractivity contribution in [1.82, 2.24) is 0 Å². The third-order valence-electron chi connectivity index (χ3n) is 4.36. The maximum absolute atomic E-state index is 13.3. The zero-order valence-electron chi connectivity index (χ0n) is 15.0. The molecule has 5 nitrogen and oxygen atoms in total. The van der Waals surface area contributed by atoms with Gasteiger partial charge in [0, 0.05) is 17.0 Å². The molecule has 0 bridgehead atoms. The molecule has 138 valence electrons. The quantitative estimate of drug-likeness (QED) is 0.716. The highest BCUT2D eigenvalue weighted by Gasteiger charge is 2.34. The highest BCUT2D eigenvalue weighted by Crippen LogP contribution is 2.37. The number of carbonyl (C=O) groups excluding carboxylic acids is 1. The number of methoxy groups -OCH3 is 2. The van der Waals surface area contributed by atoms with Gasteiger partial charge < -0.3 is 18.9 Å². The van der Waals surface area contributed by atoms with E-state index < -0.39 is 5.79 Å². The first-order valence-corrected chi connectivity index (χ1v) is 8.67. The maximum atomic E-state index is 13.3. The molecule has 2 aromatic carbocycles. The molecule has 1 saturated heterocycles. The second-order valence-electron chi connectivity index (χ2n) is 6.18. The highest BCUT2D eigenvalue weighted by atomic mass is 35.5. The Kier molecular flexibility index (Phi) is 5.51. The van der Waals surface area contributed by atoms with Crippen LogP contribution in [0.25, 0.3) is 0 Å². The summed E-state index contributed by atoms with van der Waals surface area (Å²) in [6, 6.07) is 10.4. The third-order valence-corrected chi connectivity index (χ3v) is 4.59. The third kappa shape index (κ3) is 3.70. The molecule has 1 aliphatic heterocycles. The smallest absolute Gasteiger partial charge is 0.197 e. The largest absolute Gasteiger partial charge is 0.493 e. The summed E-state index contributed by atoms with van der Waals surface area (Å²) in [6.07, 6.45) is 0.412. The number of hydrogen-bond acceptors (Lipinski definition) is 5. The van der Waals surface area contributed by atoms with Crippen molar-refractivity contribution in [3.63, 3.8) is 0 Å². The van der Waals surface area contributed by atoms with Crippen molar-refractivity contribution >= 4 is 17.4 Å². The van der Waals surface area contributed by atoms with Crippen LogP contribution in [0.3, 0.4) is 0 Å². The molecule has 0 spiro atoms. The van der Waals surface area contributed by atoms with E-state index in [1.165, 1.54) is 14.2 Å². The van der Waals surface area contributed by atoms with E-state index in [1.807, 2.05) is 13.0 Å². The lowest BCUT2D eigenvalue weighted by Crippen LogP contribution is -2.29. The minimum absolute atomic E-state index is 0.195. The van der Waals surface area contributed by atoms with Crippen LogP contribution < -0.4 is 9.47 Å². The minimum Gasteiger partial charge on any atom is -0.493 e. The van der Waals surface area contributed by atoms with Gasteiger partial charge in [-0.25, -0.2) is 0 Å². The standard InChI is InChI=1S/C20H21ClO5/c1-20(25-9-10-26-20)12-14-7-8-16(23-2)19(24-3)17(14)18(22)13-5-4-6-15(21)11-13/h4-8,11H,9-10,12H2,1-3H3. The Morgan fingerprint density at radius 1 is 1.15 bits per heavy atom. The summed E-state index contributed by atoms with van der Waals surface area (Å²) in [4.78, 5) is 13.3. The Morgan fingerprint density at radius 3 is 2.50 bits per heavy atom. The number of halogens is 1. The molecule has 0 saturated carbocycles. The van der Waals surface area contributed by atoms with E-state index >= 15 is 0 Å². The van der Waals surface area contributed by atoms with E-state index in [0.29, 0.717) is 47.3 Å². The summed E-state index contributed by atoms with van der Waals surface area (Å²) in [7, 11) is 3.05. The molecule has 0 radical (unpaired) electrons. The SMILES string of the molecule is COc1ccc(CC2(C)OCCO2)c(C(=O)c2cccc(Cl)c2)c1OC. The van der Waals surface area contributed by atoms with Crippen LogP contribution in [-0.4, -0.2) is 39.0 Å². The van der Waals surface area contributed by atoms with Gasteiger partial charge in [-0.05, 0) is 30.7 Å². The maximum Gasteiger partial charge on any atom is 0.197 e. The van der Waals surface area contributed by atoms with E-state index in [9.17, 15) is 4.79 Å². The first kappa shape index (κ1) is 18.7. The molecule has 0 aliphatic carbocycles. The first-order chi connectivity index (χ1) is 12.5. The zero-order valence-corrected chi connectivity index (χ0v) is 15.8. The molecule has 1 aliphatic rings. The minimum atomic E-state index is -0.775. The van der Waals surface area contributed by atoms with Crippen LogP contribution in [0.4, 0.5) is 0 Å². The molecule has 6 heteroatoms. The number of hydrogen-bond donors (Lipinski definition) is 0. The van der Waals surface area contributed by atoms with Gasteiger partial charge >= 0.3 is 0 Å². The molecule has 1 heterocycles. The Bertz CT molecular complexity index is 812. The van der Waals surface area contributed by atoms with E-state index in [0.717, 1.165) is 5.56 Å². The van der Waals surface area contributed by atoms with E-state index in [2.05, 4.69) is 0 Å². The van der Waals surface area contributed by atoms with Crippen LogP contribution in [0.5, 0.6) is 11.5 Å². The Balaban J connectivity index is 2.11. The molecule has 0 unspecified atom stereocenters. The molecule has 0 aromatic heterocycles. The van der Waals surface area contributed by atoms with Crippen LogP contribution in [-0.2, 0) is 15.9 Å². The van der Waals surface area contributed by atoms with Crippen molar-refractivity contribution in [2.45, 2.75) is 19.1 Å². The molecule has 26 heavy (non-hydrogen) atoms. The van der Waals surface area contributed by atoms with Crippen LogP contribution in [0.1, 0.15) is 28.4 Å². The van der Waals surface area contributed by atoms with Crippen molar-refractivity contribution in [2.24, 2.45) is 0 Å². The van der Waals surface area contributed by atoms with Gasteiger partial charge in [-0.2, -0.15) is 0 Å². The fourth-order valence-corrected chi connectivity index (χ4v) is 3.33. The van der Waals surface area contributed by atoms with Gasteiger partial charge in [0.1, 0.15) is 0 Å². The summed E-state index contributed by atoms with van der Waals surface area (Å²) >= 11 is 6.06. The van der Waals surface area contributed by atoms with Gasteiger partial charge in [0.25, 0.3) is 0 Å². The van der Waals surface area contributed by atoms with Crippen LogP contribution in [0.15, 0.2) is 36.4 Å². The fourth-order valence-electron chi connectivity index (χ4n) is 3.14. The number of benzene rings is 2. The van der Waals surface area contributed by atoms with E-state index in [4.69, 9.17) is 30.5 Å². The lowest BCUT2D eigenvalue weighted by atomic mass is 9.93. The van der Waals surface area contributed by atoms with Crippen LogP contribution >= 0.6 is 11.6 Å². The van der Waals surface area contributed by atoms with Crippen molar-refractivity contribution < 1.29 is 23.7 Å². The summed E-state index contributed by atoms with van der Waals surface area (Å²) in [5, 5.41) is 0.494. The summed E-state index contributed by atoms with van der Waals surface area (Å²) < 4.78 is 22.3. The lowest BCUT2D eigenvalue weighted by Gasteiger charge is -2.24. The molecular formula is C20H21ClO5. The molecular weight excluding hydrogens is 356 g/mol. The Labute approximate surface area is 157 Å². The molecule has 0 amide bonds. The van der Waals surface area contributed by atoms with Gasteiger partial charge in [0.15, 0.2) is 23.1 Å².